The van der Waals surface area contributed by atoms with Crippen molar-refractivity contribution in [3.63, 3.8) is 0 Å². The Morgan fingerprint density at radius 1 is 1.03 bits per heavy atom. The van der Waals surface area contributed by atoms with E-state index in [4.69, 9.17) is 9.47 Å². The Hall–Kier alpha value is -2.38. The number of aliphatic imine (C=N–C) groups is 1. The molecule has 1 aliphatic rings. The molecule has 10 nitrogen and oxygen atoms in total. The molecule has 186 valence electrons. The van der Waals surface area contributed by atoms with Crippen molar-refractivity contribution < 1.29 is 38.3 Å². The first kappa shape index (κ1) is 26.2. The first-order valence-electron chi connectivity index (χ1n) is 10.8. The number of aliphatic hydroxyl groups excluding tert-OH is 4. The molecular weight excluding hydrogens is 464 g/mol. The van der Waals surface area contributed by atoms with Gasteiger partial charge in [-0.2, -0.15) is 0 Å². The molecular formula is C23H30N2O8S. The van der Waals surface area contributed by atoms with Gasteiger partial charge in [0.15, 0.2) is 6.29 Å². The number of rotatable bonds is 9. The summed E-state index contributed by atoms with van der Waals surface area (Å²) >= 11 is 0. The van der Waals surface area contributed by atoms with Gasteiger partial charge < -0.3 is 29.9 Å². The van der Waals surface area contributed by atoms with Crippen molar-refractivity contribution in [2.24, 2.45) is 4.99 Å². The quantitative estimate of drug-likeness (QED) is 0.242. The molecule has 5 N–H and O–H groups in total. The second-order valence-electron chi connectivity index (χ2n) is 7.99. The van der Waals surface area contributed by atoms with E-state index in [0.717, 1.165) is 11.1 Å². The molecule has 1 heterocycles. The summed E-state index contributed by atoms with van der Waals surface area (Å²) in [5.41, 5.74) is 1.80. The zero-order chi connectivity index (χ0) is 24.7. The van der Waals surface area contributed by atoms with Crippen LogP contribution in [0, 0.1) is 6.92 Å². The molecule has 0 unspecified atom stereocenters. The second-order valence-corrected chi connectivity index (χ2v) is 9.67. The van der Waals surface area contributed by atoms with Gasteiger partial charge in [0.05, 0.1) is 24.7 Å². The van der Waals surface area contributed by atoms with E-state index >= 15 is 0 Å². The summed E-state index contributed by atoms with van der Waals surface area (Å²) in [6.45, 7) is 1.39. The lowest BCUT2D eigenvalue weighted by atomic mass is 9.99. The van der Waals surface area contributed by atoms with Gasteiger partial charge in [-0.3, -0.25) is 9.71 Å². The summed E-state index contributed by atoms with van der Waals surface area (Å²) in [6, 6.07) is 15.7. The fourth-order valence-corrected chi connectivity index (χ4v) is 4.43. The molecule has 2 aromatic carbocycles. The van der Waals surface area contributed by atoms with Crippen LogP contribution in [0.25, 0.3) is 0 Å². The van der Waals surface area contributed by atoms with E-state index in [1.165, 1.54) is 12.1 Å². The molecule has 0 radical (unpaired) electrons. The largest absolute Gasteiger partial charge is 0.394 e. The number of nitrogens with zero attached hydrogens (tertiary/aromatic N) is 1. The maximum absolute atomic E-state index is 12.9. The predicted octanol–water partition coefficient (Wildman–Crippen LogP) is 0.0786. The molecule has 1 fully saturated rings. The minimum atomic E-state index is -3.90. The van der Waals surface area contributed by atoms with E-state index in [1.54, 1.807) is 12.1 Å². The summed E-state index contributed by atoms with van der Waals surface area (Å²) in [5, 5.41) is 39.2. The molecule has 0 aromatic heterocycles. The van der Waals surface area contributed by atoms with Crippen LogP contribution >= 0.6 is 0 Å². The van der Waals surface area contributed by atoms with E-state index in [-0.39, 0.29) is 30.3 Å². The second kappa shape index (κ2) is 11.8. The third-order valence-electron chi connectivity index (χ3n) is 5.35. The van der Waals surface area contributed by atoms with Gasteiger partial charge in [-0.25, -0.2) is 8.42 Å². The maximum Gasteiger partial charge on any atom is 0.262 e. The molecule has 34 heavy (non-hydrogen) atoms. The summed E-state index contributed by atoms with van der Waals surface area (Å²) in [7, 11) is -3.90. The van der Waals surface area contributed by atoms with Crippen LogP contribution in [0.4, 0.5) is 0 Å². The molecule has 1 aliphatic heterocycles. The highest BCUT2D eigenvalue weighted by molar-refractivity contribution is 7.90. The number of aliphatic hydroxyl groups is 4. The number of hydrogen-bond donors (Lipinski definition) is 5. The standard InChI is InChI=1S/C23H30N2O8S/c1-15-7-9-17(10-8-15)34(30,31)25-19(24-13-16-5-3-2-4-6-16)11-12-32-23-22(29)21(28)20(27)18(14-26)33-23/h2-10,18,20-23,26-29H,11-14H2,1H3,(H,24,25)/t18-,20+,21+,22-,23-/m1/s1. The van der Waals surface area contributed by atoms with Crippen molar-refractivity contribution in [2.75, 3.05) is 13.2 Å². The minimum absolute atomic E-state index is 0.0208. The van der Waals surface area contributed by atoms with Crippen molar-refractivity contribution in [3.05, 3.63) is 65.7 Å². The molecule has 5 atom stereocenters. The highest BCUT2D eigenvalue weighted by Gasteiger charge is 2.43. The Balaban J connectivity index is 1.70. The van der Waals surface area contributed by atoms with E-state index < -0.39 is 47.3 Å². The van der Waals surface area contributed by atoms with E-state index in [2.05, 4.69) is 9.71 Å². The third kappa shape index (κ3) is 6.83. The average molecular weight is 495 g/mol. The number of nitrogens with one attached hydrogen (secondary N) is 1. The van der Waals surface area contributed by atoms with Gasteiger partial charge in [0.1, 0.15) is 30.3 Å². The molecule has 11 heteroatoms. The highest BCUT2D eigenvalue weighted by atomic mass is 32.2. The zero-order valence-corrected chi connectivity index (χ0v) is 19.5. The van der Waals surface area contributed by atoms with E-state index in [9.17, 15) is 28.8 Å². The first-order chi connectivity index (χ1) is 16.2. The smallest absolute Gasteiger partial charge is 0.262 e. The van der Waals surface area contributed by atoms with Crippen LogP contribution in [0.15, 0.2) is 64.5 Å². The van der Waals surface area contributed by atoms with Crippen LogP contribution in [0.1, 0.15) is 17.5 Å². The average Bonchev–Trinajstić information content (AvgIpc) is 2.83. The molecule has 0 saturated carbocycles. The van der Waals surface area contributed by atoms with Gasteiger partial charge in [0.2, 0.25) is 0 Å². The summed E-state index contributed by atoms with van der Waals surface area (Å²) in [5.74, 6) is 0.133. The predicted molar refractivity (Wildman–Crippen MR) is 123 cm³/mol. The lowest BCUT2D eigenvalue weighted by Crippen LogP contribution is -2.59. The number of aryl methyl sites for hydroxylation is 1. The van der Waals surface area contributed by atoms with Gasteiger partial charge in [0, 0.05) is 6.42 Å². The Bertz CT molecular complexity index is 1040. The Labute approximate surface area is 198 Å². The van der Waals surface area contributed by atoms with E-state index in [0.29, 0.717) is 0 Å². The van der Waals surface area contributed by atoms with Crippen LogP contribution in [0.3, 0.4) is 0 Å². The first-order valence-corrected chi connectivity index (χ1v) is 12.3. The molecule has 0 amide bonds. The van der Waals surface area contributed by atoms with Gasteiger partial charge in [-0.15, -0.1) is 0 Å². The Morgan fingerprint density at radius 3 is 2.35 bits per heavy atom. The van der Waals surface area contributed by atoms with Crippen molar-refractivity contribution >= 4 is 15.9 Å². The topological polar surface area (TPSA) is 158 Å². The maximum atomic E-state index is 12.9. The van der Waals surface area contributed by atoms with Gasteiger partial charge in [0.25, 0.3) is 10.0 Å². The Kier molecular flexibility index (Phi) is 9.14. The number of sulfonamides is 1. The van der Waals surface area contributed by atoms with Crippen LogP contribution in [0.2, 0.25) is 0 Å². The fraction of sp³-hybridized carbons (Fsp3) is 0.435. The summed E-state index contributed by atoms with van der Waals surface area (Å²) in [6.07, 6.45) is -7.01. The summed E-state index contributed by atoms with van der Waals surface area (Å²) < 4.78 is 39.0. The van der Waals surface area contributed by atoms with Crippen LogP contribution in [-0.2, 0) is 26.0 Å². The highest BCUT2D eigenvalue weighted by Crippen LogP contribution is 2.22. The molecule has 3 rings (SSSR count). The van der Waals surface area contributed by atoms with Crippen molar-refractivity contribution in [3.8, 4) is 0 Å². The SMILES string of the molecule is Cc1ccc(S(=O)(=O)NC(CCO[C@@H]2O[C@H](CO)[C@H](O)[C@H](O)[C@H]2O)=NCc2ccccc2)cc1. The molecule has 0 aliphatic carbocycles. The van der Waals surface area contributed by atoms with Crippen LogP contribution in [-0.4, -0.2) is 78.6 Å². The monoisotopic (exact) mass is 494 g/mol. The van der Waals surface area contributed by atoms with Crippen LogP contribution in [0.5, 0.6) is 0 Å². The van der Waals surface area contributed by atoms with Gasteiger partial charge in [-0.05, 0) is 24.6 Å². The van der Waals surface area contributed by atoms with E-state index in [1.807, 2.05) is 37.3 Å². The molecule has 2 aromatic rings. The summed E-state index contributed by atoms with van der Waals surface area (Å²) in [4.78, 5) is 4.48. The fourth-order valence-electron chi connectivity index (χ4n) is 3.34. The van der Waals surface area contributed by atoms with Crippen molar-refractivity contribution in [2.45, 2.75) is 55.5 Å². The van der Waals surface area contributed by atoms with Crippen molar-refractivity contribution in [1.82, 2.24) is 4.72 Å². The number of ether oxygens (including phenoxy) is 2. The lowest BCUT2D eigenvalue weighted by molar-refractivity contribution is -0.300. The van der Waals surface area contributed by atoms with Crippen LogP contribution < -0.4 is 4.72 Å². The normalized spacial score (nSPS) is 25.8. The van der Waals surface area contributed by atoms with Crippen molar-refractivity contribution in [1.29, 1.82) is 0 Å². The van der Waals surface area contributed by atoms with Gasteiger partial charge in [-0.1, -0.05) is 48.0 Å². The molecule has 0 bridgehead atoms. The molecule has 0 spiro atoms. The minimum Gasteiger partial charge on any atom is -0.394 e. The lowest BCUT2D eigenvalue weighted by Gasteiger charge is -2.39. The number of amidine groups is 1. The third-order valence-corrected chi connectivity index (χ3v) is 6.75. The zero-order valence-electron chi connectivity index (χ0n) is 18.7. The number of benzene rings is 2. The van der Waals surface area contributed by atoms with Gasteiger partial charge >= 0.3 is 0 Å². The Morgan fingerprint density at radius 2 is 1.71 bits per heavy atom. The number of hydrogen-bond acceptors (Lipinski definition) is 9. The molecule has 1 saturated heterocycles.